The van der Waals surface area contributed by atoms with Gasteiger partial charge < -0.3 is 15.1 Å². The maximum Gasteiger partial charge on any atom is 0.230 e. The monoisotopic (exact) mass is 413 g/mol. The van der Waals surface area contributed by atoms with Crippen LogP contribution in [0.3, 0.4) is 0 Å². The van der Waals surface area contributed by atoms with Gasteiger partial charge in [-0.15, -0.1) is 0 Å². The van der Waals surface area contributed by atoms with Crippen molar-refractivity contribution in [1.29, 1.82) is 0 Å². The number of anilines is 1. The van der Waals surface area contributed by atoms with E-state index in [9.17, 15) is 9.59 Å². The van der Waals surface area contributed by atoms with Crippen LogP contribution in [0.1, 0.15) is 34.1 Å². The van der Waals surface area contributed by atoms with Crippen molar-refractivity contribution >= 4 is 41.0 Å². The molecule has 0 bridgehead atoms. The number of piperazine rings is 1. The Morgan fingerprint density at radius 1 is 1.37 bits per heavy atom. The summed E-state index contributed by atoms with van der Waals surface area (Å²) in [5, 5.41) is 3.71. The van der Waals surface area contributed by atoms with Gasteiger partial charge in [-0.05, 0) is 12.8 Å². The third-order valence-corrected chi connectivity index (χ3v) is 5.32. The van der Waals surface area contributed by atoms with Gasteiger partial charge in [0.1, 0.15) is 11.0 Å². The van der Waals surface area contributed by atoms with Crippen molar-refractivity contribution in [3.8, 4) is 0 Å². The number of aromatic nitrogens is 2. The number of hydrogen-bond donors (Lipinski definition) is 1. The number of carbonyl (C=O) groups excluding carboxylic acids is 2. The van der Waals surface area contributed by atoms with E-state index in [1.54, 1.807) is 6.07 Å². The summed E-state index contributed by atoms with van der Waals surface area (Å²) in [4.78, 5) is 36.7. The lowest BCUT2D eigenvalue weighted by Crippen LogP contribution is -2.54. The number of rotatable bonds is 7. The summed E-state index contributed by atoms with van der Waals surface area (Å²) in [6.07, 6.45) is 0.517. The molecule has 27 heavy (non-hydrogen) atoms. The van der Waals surface area contributed by atoms with Gasteiger partial charge in [0.05, 0.1) is 5.75 Å². The molecule has 9 heteroatoms. The van der Waals surface area contributed by atoms with Crippen LogP contribution in [0.15, 0.2) is 11.2 Å². The van der Waals surface area contributed by atoms with Gasteiger partial charge in [0.2, 0.25) is 11.8 Å². The molecule has 0 unspecified atom stereocenters. The van der Waals surface area contributed by atoms with E-state index in [1.165, 1.54) is 11.8 Å². The first-order valence-corrected chi connectivity index (χ1v) is 10.6. The molecule has 2 amide bonds. The van der Waals surface area contributed by atoms with E-state index in [4.69, 9.17) is 11.6 Å². The summed E-state index contributed by atoms with van der Waals surface area (Å²) < 4.78 is 0. The van der Waals surface area contributed by atoms with Gasteiger partial charge in [-0.2, -0.15) is 0 Å². The van der Waals surface area contributed by atoms with Gasteiger partial charge in [-0.25, -0.2) is 9.97 Å². The van der Waals surface area contributed by atoms with E-state index < -0.39 is 0 Å². The molecule has 1 atom stereocenters. The van der Waals surface area contributed by atoms with Gasteiger partial charge in [-0.3, -0.25) is 9.59 Å². The molecule has 1 aromatic rings. The Balaban J connectivity index is 1.99. The zero-order valence-corrected chi connectivity index (χ0v) is 17.9. The predicted molar refractivity (Wildman–Crippen MR) is 109 cm³/mol. The minimum atomic E-state index is -0.0425. The number of halogens is 1. The van der Waals surface area contributed by atoms with Crippen molar-refractivity contribution in [2.75, 3.05) is 36.8 Å². The van der Waals surface area contributed by atoms with Crippen LogP contribution in [-0.2, 0) is 9.59 Å². The first-order chi connectivity index (χ1) is 12.8. The van der Waals surface area contributed by atoms with Crippen molar-refractivity contribution in [3.63, 3.8) is 0 Å². The largest absolute Gasteiger partial charge is 0.355 e. The number of amides is 2. The lowest BCUT2D eigenvalue weighted by molar-refractivity contribution is -0.133. The minimum Gasteiger partial charge on any atom is -0.355 e. The molecule has 1 aromatic heterocycles. The minimum absolute atomic E-state index is 0.0425. The van der Waals surface area contributed by atoms with Crippen molar-refractivity contribution in [1.82, 2.24) is 20.2 Å². The molecular formula is C18H28ClN5O2S. The summed E-state index contributed by atoms with van der Waals surface area (Å²) in [5.74, 6) is 1.52. The predicted octanol–water partition coefficient (Wildman–Crippen LogP) is 2.44. The number of nitrogens with zero attached hydrogens (tertiary/aromatic N) is 4. The Morgan fingerprint density at radius 2 is 2.11 bits per heavy atom. The molecule has 0 aromatic carbocycles. The summed E-state index contributed by atoms with van der Waals surface area (Å²) in [5.41, 5.74) is 0. The SMILES string of the molecule is CCC(=O)N1CCN(c2cc(Cl)nc(SCC(=O)NCC(C)C)n2)C[C@H]1C. The van der Waals surface area contributed by atoms with Gasteiger partial charge in [0.15, 0.2) is 5.16 Å². The molecule has 1 N–H and O–H groups in total. The summed E-state index contributed by atoms with van der Waals surface area (Å²) >= 11 is 7.44. The quantitative estimate of drug-likeness (QED) is 0.420. The maximum absolute atomic E-state index is 12.0. The fourth-order valence-electron chi connectivity index (χ4n) is 2.85. The highest BCUT2D eigenvalue weighted by Gasteiger charge is 2.27. The molecule has 1 fully saturated rings. The second kappa shape index (κ2) is 10.1. The molecule has 7 nitrogen and oxygen atoms in total. The Kier molecular flexibility index (Phi) is 8.16. The maximum atomic E-state index is 12.0. The van der Waals surface area contributed by atoms with Crippen LogP contribution in [0.5, 0.6) is 0 Å². The van der Waals surface area contributed by atoms with Crippen LogP contribution in [0.25, 0.3) is 0 Å². The molecule has 2 rings (SSSR count). The summed E-state index contributed by atoms with van der Waals surface area (Å²) in [6, 6.07) is 1.84. The number of nitrogens with one attached hydrogen (secondary N) is 1. The van der Waals surface area contributed by atoms with Gasteiger partial charge in [0, 0.05) is 44.7 Å². The van der Waals surface area contributed by atoms with Crippen molar-refractivity contribution in [2.24, 2.45) is 5.92 Å². The molecule has 0 saturated carbocycles. The smallest absolute Gasteiger partial charge is 0.230 e. The van der Waals surface area contributed by atoms with E-state index in [1.807, 2.05) is 18.7 Å². The van der Waals surface area contributed by atoms with Crippen molar-refractivity contribution < 1.29 is 9.59 Å². The average molecular weight is 414 g/mol. The second-order valence-corrected chi connectivity index (χ2v) is 8.38. The van der Waals surface area contributed by atoms with Crippen LogP contribution >= 0.6 is 23.4 Å². The third-order valence-electron chi connectivity index (χ3n) is 4.27. The molecule has 2 heterocycles. The standard InChI is InChI=1S/C18H28ClN5O2S/c1-5-17(26)24-7-6-23(10-13(24)4)15-8-14(19)21-18(22-15)27-11-16(25)20-9-12(2)3/h8,12-13H,5-7,9-11H2,1-4H3,(H,20,25)/t13-/m1/s1. The highest BCUT2D eigenvalue weighted by Crippen LogP contribution is 2.24. The summed E-state index contributed by atoms with van der Waals surface area (Å²) in [6.45, 7) is 10.7. The van der Waals surface area contributed by atoms with E-state index in [0.29, 0.717) is 48.8 Å². The molecule has 150 valence electrons. The van der Waals surface area contributed by atoms with Crippen molar-refractivity contribution in [2.45, 2.75) is 45.3 Å². The normalized spacial score (nSPS) is 17.3. The highest BCUT2D eigenvalue weighted by molar-refractivity contribution is 7.99. The van der Waals surface area contributed by atoms with Gasteiger partial charge in [-0.1, -0.05) is 44.1 Å². The first kappa shape index (κ1) is 21.8. The van der Waals surface area contributed by atoms with Crippen LogP contribution in [0.4, 0.5) is 5.82 Å². The molecule has 1 aliphatic rings. The average Bonchev–Trinajstić information content (AvgIpc) is 2.63. The number of thioether (sulfide) groups is 1. The number of hydrogen-bond acceptors (Lipinski definition) is 6. The van der Waals surface area contributed by atoms with Crippen LogP contribution < -0.4 is 10.2 Å². The Bertz CT molecular complexity index is 673. The Morgan fingerprint density at radius 3 is 2.74 bits per heavy atom. The molecule has 0 radical (unpaired) electrons. The fourth-order valence-corrected chi connectivity index (χ4v) is 3.76. The second-order valence-electron chi connectivity index (χ2n) is 7.05. The molecule has 0 aliphatic carbocycles. The summed E-state index contributed by atoms with van der Waals surface area (Å²) in [7, 11) is 0. The van der Waals surface area contributed by atoms with E-state index in [2.05, 4.69) is 34.0 Å². The van der Waals surface area contributed by atoms with Gasteiger partial charge >= 0.3 is 0 Å². The van der Waals surface area contributed by atoms with Crippen LogP contribution in [0, 0.1) is 5.92 Å². The molecule has 1 aliphatic heterocycles. The van der Waals surface area contributed by atoms with Crippen LogP contribution in [0.2, 0.25) is 5.15 Å². The van der Waals surface area contributed by atoms with E-state index >= 15 is 0 Å². The number of carbonyl (C=O) groups is 2. The van der Waals surface area contributed by atoms with Gasteiger partial charge in [0.25, 0.3) is 0 Å². The highest BCUT2D eigenvalue weighted by atomic mass is 35.5. The van der Waals surface area contributed by atoms with E-state index in [0.717, 1.165) is 5.82 Å². The Labute approximate surface area is 170 Å². The molecule has 1 saturated heterocycles. The molecule has 0 spiro atoms. The fraction of sp³-hybridized carbons (Fsp3) is 0.667. The zero-order chi connectivity index (χ0) is 20.0. The zero-order valence-electron chi connectivity index (χ0n) is 16.4. The Hall–Kier alpha value is -1.54. The van der Waals surface area contributed by atoms with E-state index in [-0.39, 0.29) is 23.6 Å². The topological polar surface area (TPSA) is 78.4 Å². The lowest BCUT2D eigenvalue weighted by Gasteiger charge is -2.40. The van der Waals surface area contributed by atoms with Crippen molar-refractivity contribution in [3.05, 3.63) is 11.2 Å². The van der Waals surface area contributed by atoms with Crippen LogP contribution in [-0.4, -0.2) is 64.7 Å². The lowest BCUT2D eigenvalue weighted by atomic mass is 10.1. The third kappa shape index (κ3) is 6.53. The first-order valence-electron chi connectivity index (χ1n) is 9.28. The molecular weight excluding hydrogens is 386 g/mol.